The maximum absolute atomic E-state index is 5.75. The second kappa shape index (κ2) is 7.41. The number of pyridine rings is 1. The van der Waals surface area contributed by atoms with Crippen molar-refractivity contribution in [1.82, 2.24) is 10.3 Å². The summed E-state index contributed by atoms with van der Waals surface area (Å²) in [5, 5.41) is 3.54. The second-order valence-electron chi connectivity index (χ2n) is 4.84. The van der Waals surface area contributed by atoms with Crippen LogP contribution in [-0.2, 0) is 12.8 Å². The summed E-state index contributed by atoms with van der Waals surface area (Å²) in [6.07, 6.45) is 3.70. The van der Waals surface area contributed by atoms with E-state index in [4.69, 9.17) is 5.73 Å². The first kappa shape index (κ1) is 15.0. The van der Waals surface area contributed by atoms with Crippen molar-refractivity contribution in [3.8, 4) is 0 Å². The van der Waals surface area contributed by atoms with Gasteiger partial charge in [0.05, 0.1) is 0 Å². The van der Waals surface area contributed by atoms with Crippen LogP contribution in [0.4, 0.5) is 5.82 Å². The largest absolute Gasteiger partial charge is 0.384 e. The molecule has 0 fully saturated rings. The lowest BCUT2D eigenvalue weighted by Crippen LogP contribution is -2.33. The van der Waals surface area contributed by atoms with E-state index in [2.05, 4.69) is 51.4 Å². The number of likely N-dealkylation sites (N-methyl/N-ethyl adjacent to an activating group) is 1. The van der Waals surface area contributed by atoms with E-state index < -0.39 is 0 Å². The van der Waals surface area contributed by atoms with Crippen LogP contribution >= 0.6 is 15.9 Å². The van der Waals surface area contributed by atoms with Crippen LogP contribution in [0.25, 0.3) is 0 Å². The van der Waals surface area contributed by atoms with Gasteiger partial charge in [-0.15, -0.1) is 0 Å². The van der Waals surface area contributed by atoms with Crippen LogP contribution < -0.4 is 11.1 Å². The van der Waals surface area contributed by atoms with Gasteiger partial charge in [0, 0.05) is 16.7 Å². The van der Waals surface area contributed by atoms with Gasteiger partial charge in [0.1, 0.15) is 5.82 Å². The number of aromatic nitrogens is 1. The summed E-state index contributed by atoms with van der Waals surface area (Å²) in [6, 6.07) is 12.7. The van der Waals surface area contributed by atoms with Gasteiger partial charge >= 0.3 is 0 Å². The molecule has 20 heavy (non-hydrogen) atoms. The first-order valence-electron chi connectivity index (χ1n) is 6.86. The van der Waals surface area contributed by atoms with E-state index in [0.717, 1.165) is 23.9 Å². The lowest BCUT2D eigenvalue weighted by atomic mass is 9.99. The van der Waals surface area contributed by atoms with Gasteiger partial charge in [-0.05, 0) is 48.7 Å². The molecule has 106 valence electrons. The fourth-order valence-corrected chi connectivity index (χ4v) is 2.79. The van der Waals surface area contributed by atoms with Gasteiger partial charge in [-0.1, -0.05) is 41.1 Å². The Labute approximate surface area is 128 Å². The molecule has 3 N–H and O–H groups in total. The zero-order valence-corrected chi connectivity index (χ0v) is 13.2. The molecule has 2 rings (SSSR count). The number of nitrogens with zero attached hydrogens (tertiary/aromatic N) is 1. The normalized spacial score (nSPS) is 12.3. The monoisotopic (exact) mass is 333 g/mol. The zero-order valence-electron chi connectivity index (χ0n) is 11.6. The molecular weight excluding hydrogens is 314 g/mol. The highest BCUT2D eigenvalue weighted by atomic mass is 79.9. The fourth-order valence-electron chi connectivity index (χ4n) is 2.34. The van der Waals surface area contributed by atoms with Gasteiger partial charge in [0.15, 0.2) is 0 Å². The zero-order chi connectivity index (χ0) is 14.4. The van der Waals surface area contributed by atoms with Crippen LogP contribution in [-0.4, -0.2) is 17.6 Å². The minimum Gasteiger partial charge on any atom is -0.384 e. The summed E-state index contributed by atoms with van der Waals surface area (Å²) < 4.78 is 1.16. The summed E-state index contributed by atoms with van der Waals surface area (Å²) >= 11 is 3.62. The van der Waals surface area contributed by atoms with Crippen LogP contribution in [0.3, 0.4) is 0 Å². The molecular formula is C16H20BrN3. The van der Waals surface area contributed by atoms with Crippen LogP contribution in [0.5, 0.6) is 0 Å². The summed E-state index contributed by atoms with van der Waals surface area (Å²) in [4.78, 5) is 4.04. The number of benzene rings is 1. The van der Waals surface area contributed by atoms with Crippen molar-refractivity contribution < 1.29 is 0 Å². The summed E-state index contributed by atoms with van der Waals surface area (Å²) in [6.45, 7) is 3.09. The fraction of sp³-hybridized carbons (Fsp3) is 0.312. The Morgan fingerprint density at radius 1 is 1.25 bits per heavy atom. The third-order valence-corrected chi connectivity index (χ3v) is 4.02. The molecule has 0 saturated heterocycles. The summed E-state index contributed by atoms with van der Waals surface area (Å²) in [5.41, 5.74) is 8.28. The second-order valence-corrected chi connectivity index (χ2v) is 5.70. The van der Waals surface area contributed by atoms with E-state index >= 15 is 0 Å². The van der Waals surface area contributed by atoms with Crippen molar-refractivity contribution in [1.29, 1.82) is 0 Å². The molecule has 0 radical (unpaired) electrons. The van der Waals surface area contributed by atoms with Crippen molar-refractivity contribution in [3.63, 3.8) is 0 Å². The lowest BCUT2D eigenvalue weighted by molar-refractivity contribution is 0.520. The number of anilines is 1. The molecule has 0 aliphatic carbocycles. The highest BCUT2D eigenvalue weighted by Gasteiger charge is 2.11. The van der Waals surface area contributed by atoms with Crippen LogP contribution in [0.15, 0.2) is 47.1 Å². The predicted octanol–water partition coefficient (Wildman–Crippen LogP) is 3.19. The van der Waals surface area contributed by atoms with E-state index in [0.29, 0.717) is 11.9 Å². The first-order valence-corrected chi connectivity index (χ1v) is 7.65. The molecule has 0 bridgehead atoms. The summed E-state index contributed by atoms with van der Waals surface area (Å²) in [7, 11) is 0. The highest BCUT2D eigenvalue weighted by Crippen LogP contribution is 2.19. The Kier molecular flexibility index (Phi) is 5.56. The molecule has 1 aromatic carbocycles. The molecule has 1 aromatic heterocycles. The van der Waals surface area contributed by atoms with Gasteiger partial charge < -0.3 is 11.1 Å². The van der Waals surface area contributed by atoms with Gasteiger partial charge in [0.25, 0.3) is 0 Å². The number of rotatable bonds is 6. The third kappa shape index (κ3) is 4.32. The molecule has 0 aliphatic rings. The number of hydrogen-bond acceptors (Lipinski definition) is 3. The molecule has 0 aliphatic heterocycles. The number of nitrogens with one attached hydrogen (secondary N) is 1. The smallest absolute Gasteiger partial charge is 0.123 e. The summed E-state index contributed by atoms with van der Waals surface area (Å²) in [5.74, 6) is 0.582. The van der Waals surface area contributed by atoms with E-state index in [9.17, 15) is 0 Å². The first-order chi connectivity index (χ1) is 9.69. The minimum atomic E-state index is 0.389. The van der Waals surface area contributed by atoms with E-state index in [-0.39, 0.29) is 0 Å². The molecule has 0 saturated carbocycles. The molecule has 3 nitrogen and oxygen atoms in total. The number of halogens is 1. The maximum atomic E-state index is 5.75. The van der Waals surface area contributed by atoms with Gasteiger partial charge in [-0.3, -0.25) is 0 Å². The van der Waals surface area contributed by atoms with E-state index in [1.165, 1.54) is 11.1 Å². The molecule has 1 unspecified atom stereocenters. The molecule has 2 aromatic rings. The highest BCUT2D eigenvalue weighted by molar-refractivity contribution is 9.10. The minimum absolute atomic E-state index is 0.389. The number of nitrogen functional groups attached to an aromatic ring is 1. The van der Waals surface area contributed by atoms with Crippen LogP contribution in [0, 0.1) is 0 Å². The molecule has 1 atom stereocenters. The lowest BCUT2D eigenvalue weighted by Gasteiger charge is -2.19. The maximum Gasteiger partial charge on any atom is 0.123 e. The van der Waals surface area contributed by atoms with Crippen molar-refractivity contribution in [3.05, 3.63) is 58.2 Å². The van der Waals surface area contributed by atoms with Gasteiger partial charge in [0.2, 0.25) is 0 Å². The van der Waals surface area contributed by atoms with Gasteiger partial charge in [-0.25, -0.2) is 4.98 Å². The Hall–Kier alpha value is -1.39. The third-order valence-electron chi connectivity index (χ3n) is 3.24. The molecule has 0 spiro atoms. The van der Waals surface area contributed by atoms with Crippen LogP contribution in [0.2, 0.25) is 0 Å². The van der Waals surface area contributed by atoms with E-state index in [1.54, 1.807) is 6.20 Å². The number of hydrogen-bond donors (Lipinski definition) is 2. The Balaban J connectivity index is 2.09. The number of nitrogens with two attached hydrogens (primary N) is 1. The van der Waals surface area contributed by atoms with Crippen molar-refractivity contribution >= 4 is 21.7 Å². The topological polar surface area (TPSA) is 50.9 Å². The predicted molar refractivity (Wildman–Crippen MR) is 87.7 cm³/mol. The van der Waals surface area contributed by atoms with Crippen molar-refractivity contribution in [2.75, 3.05) is 12.3 Å². The average Bonchev–Trinajstić information content (AvgIpc) is 2.42. The quantitative estimate of drug-likeness (QED) is 0.853. The molecule has 4 heteroatoms. The average molecular weight is 334 g/mol. The standard InChI is InChI=1S/C16H20BrN3/c1-2-19-14(9-12-7-8-20-16(18)10-12)11-13-5-3-4-6-15(13)17/h3-8,10,14,19H,2,9,11H2,1H3,(H2,18,20). The Morgan fingerprint density at radius 3 is 2.75 bits per heavy atom. The van der Waals surface area contributed by atoms with Gasteiger partial charge in [-0.2, -0.15) is 0 Å². The van der Waals surface area contributed by atoms with Crippen molar-refractivity contribution in [2.24, 2.45) is 0 Å². The Bertz CT molecular complexity index is 557. The van der Waals surface area contributed by atoms with Crippen LogP contribution in [0.1, 0.15) is 18.1 Å². The molecule has 1 heterocycles. The van der Waals surface area contributed by atoms with Crippen molar-refractivity contribution in [2.45, 2.75) is 25.8 Å². The molecule has 0 amide bonds. The Morgan fingerprint density at radius 2 is 2.05 bits per heavy atom. The SMILES string of the molecule is CCNC(Cc1ccnc(N)c1)Cc1ccccc1Br. The van der Waals surface area contributed by atoms with E-state index in [1.807, 2.05) is 18.2 Å².